The van der Waals surface area contributed by atoms with E-state index in [1.54, 1.807) is 22.4 Å². The van der Waals surface area contributed by atoms with Crippen LogP contribution in [0.1, 0.15) is 23.4 Å². The van der Waals surface area contributed by atoms with Gasteiger partial charge in [-0.1, -0.05) is 6.07 Å². The van der Waals surface area contributed by atoms with E-state index in [2.05, 4.69) is 10.3 Å². The van der Waals surface area contributed by atoms with Crippen LogP contribution in [-0.4, -0.2) is 37.1 Å². The summed E-state index contributed by atoms with van der Waals surface area (Å²) in [7, 11) is 5.71. The van der Waals surface area contributed by atoms with Gasteiger partial charge in [-0.25, -0.2) is 9.78 Å². The van der Waals surface area contributed by atoms with E-state index in [-0.39, 0.29) is 12.1 Å². The number of amides is 2. The van der Waals surface area contributed by atoms with Gasteiger partial charge in [0.1, 0.15) is 5.82 Å². The maximum absolute atomic E-state index is 12.3. The first kappa shape index (κ1) is 16.3. The Bertz CT molecular complexity index is 612. The van der Waals surface area contributed by atoms with Crippen LogP contribution in [0.5, 0.6) is 0 Å². The van der Waals surface area contributed by atoms with Crippen LogP contribution in [0.15, 0.2) is 35.8 Å². The molecular weight excluding hydrogens is 296 g/mol. The van der Waals surface area contributed by atoms with Crippen molar-refractivity contribution in [3.05, 3.63) is 46.3 Å². The van der Waals surface area contributed by atoms with Crippen LogP contribution in [-0.2, 0) is 6.54 Å². The van der Waals surface area contributed by atoms with Crippen molar-refractivity contribution in [1.82, 2.24) is 15.2 Å². The summed E-state index contributed by atoms with van der Waals surface area (Å²) in [5.74, 6) is 0.882. The number of carbonyl (C=O) groups is 1. The van der Waals surface area contributed by atoms with Gasteiger partial charge >= 0.3 is 6.03 Å². The zero-order valence-electron chi connectivity index (χ0n) is 13.4. The minimum Gasteiger partial charge on any atom is -0.363 e. The molecule has 2 rings (SSSR count). The number of carbonyl (C=O) groups excluding carboxylic acids is 1. The van der Waals surface area contributed by atoms with E-state index < -0.39 is 0 Å². The van der Waals surface area contributed by atoms with Gasteiger partial charge in [0.25, 0.3) is 0 Å². The van der Waals surface area contributed by atoms with Crippen molar-refractivity contribution in [2.24, 2.45) is 0 Å². The molecule has 0 aliphatic heterocycles. The third-order valence-electron chi connectivity index (χ3n) is 3.57. The molecule has 2 aromatic rings. The summed E-state index contributed by atoms with van der Waals surface area (Å²) in [6.07, 6.45) is 1.76. The number of aromatic nitrogens is 1. The smallest absolute Gasteiger partial charge is 0.317 e. The number of rotatable bonds is 5. The van der Waals surface area contributed by atoms with E-state index in [1.165, 1.54) is 4.88 Å². The van der Waals surface area contributed by atoms with E-state index in [1.807, 2.05) is 62.6 Å². The van der Waals surface area contributed by atoms with Gasteiger partial charge in [-0.2, -0.15) is 0 Å². The number of urea groups is 1. The number of nitrogens with zero attached hydrogens (tertiary/aromatic N) is 3. The first-order valence-electron chi connectivity index (χ1n) is 7.15. The molecule has 0 saturated carbocycles. The fourth-order valence-electron chi connectivity index (χ4n) is 2.01. The third kappa shape index (κ3) is 3.98. The van der Waals surface area contributed by atoms with Crippen LogP contribution in [0.2, 0.25) is 0 Å². The monoisotopic (exact) mass is 318 g/mol. The molecule has 6 heteroatoms. The molecule has 0 saturated heterocycles. The van der Waals surface area contributed by atoms with Crippen molar-refractivity contribution in [2.75, 3.05) is 26.0 Å². The van der Waals surface area contributed by atoms with E-state index in [0.717, 1.165) is 11.4 Å². The van der Waals surface area contributed by atoms with Crippen molar-refractivity contribution in [3.8, 4) is 0 Å². The Labute approximate surface area is 135 Å². The Balaban J connectivity index is 1.93. The molecule has 0 aliphatic carbocycles. The lowest BCUT2D eigenvalue weighted by molar-refractivity contribution is 0.194. The second kappa shape index (κ2) is 7.26. The number of anilines is 1. The highest BCUT2D eigenvalue weighted by molar-refractivity contribution is 7.10. The maximum atomic E-state index is 12.3. The summed E-state index contributed by atoms with van der Waals surface area (Å²) in [6.45, 7) is 2.52. The van der Waals surface area contributed by atoms with Crippen molar-refractivity contribution in [3.63, 3.8) is 0 Å². The summed E-state index contributed by atoms with van der Waals surface area (Å²) in [5, 5.41) is 4.98. The van der Waals surface area contributed by atoms with Gasteiger partial charge in [0.05, 0.1) is 6.04 Å². The molecule has 1 atom stereocenters. The number of hydrogen-bond donors (Lipinski definition) is 1. The predicted octanol–water partition coefficient (Wildman–Crippen LogP) is 3.11. The number of pyridine rings is 1. The molecule has 0 radical (unpaired) electrons. The molecule has 0 unspecified atom stereocenters. The molecule has 0 bridgehead atoms. The molecule has 22 heavy (non-hydrogen) atoms. The van der Waals surface area contributed by atoms with Gasteiger partial charge in [0.15, 0.2) is 0 Å². The first-order valence-corrected chi connectivity index (χ1v) is 8.03. The fourth-order valence-corrected chi connectivity index (χ4v) is 2.84. The molecule has 0 spiro atoms. The van der Waals surface area contributed by atoms with Gasteiger partial charge in [0.2, 0.25) is 0 Å². The van der Waals surface area contributed by atoms with Gasteiger partial charge in [-0.3, -0.25) is 0 Å². The average Bonchev–Trinajstić information content (AvgIpc) is 3.05. The lowest BCUT2D eigenvalue weighted by Crippen LogP contribution is -2.38. The summed E-state index contributed by atoms with van der Waals surface area (Å²) >= 11 is 1.66. The largest absolute Gasteiger partial charge is 0.363 e. The summed E-state index contributed by atoms with van der Waals surface area (Å²) in [4.78, 5) is 21.4. The Kier molecular flexibility index (Phi) is 5.38. The van der Waals surface area contributed by atoms with E-state index in [0.29, 0.717) is 6.54 Å². The highest BCUT2D eigenvalue weighted by Gasteiger charge is 2.17. The number of nitrogens with one attached hydrogen (secondary N) is 1. The summed E-state index contributed by atoms with van der Waals surface area (Å²) in [6, 6.07) is 7.92. The molecule has 1 N–H and O–H groups in total. The van der Waals surface area contributed by atoms with Crippen LogP contribution < -0.4 is 10.2 Å². The van der Waals surface area contributed by atoms with Crippen LogP contribution in [0.4, 0.5) is 10.6 Å². The fraction of sp³-hybridized carbons (Fsp3) is 0.375. The zero-order chi connectivity index (χ0) is 16.1. The Morgan fingerprint density at radius 1 is 1.36 bits per heavy atom. The molecule has 0 aromatic carbocycles. The molecule has 118 valence electrons. The normalized spacial score (nSPS) is 11.8. The van der Waals surface area contributed by atoms with Gasteiger partial charge < -0.3 is 15.1 Å². The van der Waals surface area contributed by atoms with Crippen molar-refractivity contribution in [1.29, 1.82) is 0 Å². The van der Waals surface area contributed by atoms with Crippen molar-refractivity contribution >= 4 is 23.2 Å². The molecule has 2 amide bonds. The Hall–Kier alpha value is -2.08. The number of hydrogen-bond acceptors (Lipinski definition) is 4. The molecule has 0 fully saturated rings. The highest BCUT2D eigenvalue weighted by atomic mass is 32.1. The predicted molar refractivity (Wildman–Crippen MR) is 91.3 cm³/mol. The third-order valence-corrected chi connectivity index (χ3v) is 4.61. The molecule has 0 aliphatic rings. The molecular formula is C16H22N4OS. The van der Waals surface area contributed by atoms with Crippen LogP contribution in [0.25, 0.3) is 0 Å². The second-order valence-electron chi connectivity index (χ2n) is 5.38. The zero-order valence-corrected chi connectivity index (χ0v) is 14.2. The topological polar surface area (TPSA) is 48.5 Å². The average molecular weight is 318 g/mol. The minimum atomic E-state index is -0.0795. The first-order chi connectivity index (χ1) is 10.5. The molecule has 2 aromatic heterocycles. The lowest BCUT2D eigenvalue weighted by Gasteiger charge is -2.24. The van der Waals surface area contributed by atoms with Crippen molar-refractivity contribution in [2.45, 2.75) is 19.5 Å². The quantitative estimate of drug-likeness (QED) is 0.921. The van der Waals surface area contributed by atoms with Crippen LogP contribution in [0, 0.1) is 0 Å². The van der Waals surface area contributed by atoms with Crippen LogP contribution in [0.3, 0.4) is 0 Å². The second-order valence-corrected chi connectivity index (χ2v) is 6.36. The minimum absolute atomic E-state index is 0.0646. The van der Waals surface area contributed by atoms with Crippen molar-refractivity contribution < 1.29 is 4.79 Å². The summed E-state index contributed by atoms with van der Waals surface area (Å²) < 4.78 is 0. The van der Waals surface area contributed by atoms with E-state index >= 15 is 0 Å². The standard InChI is InChI=1S/C16H22N4OS/c1-12(14-6-5-9-22-14)20(4)16(21)18-11-13-7-8-17-15(10-13)19(2)3/h5-10,12H,11H2,1-4H3,(H,18,21)/t12-/m0/s1. The SMILES string of the molecule is C[C@@H](c1cccs1)N(C)C(=O)NCc1ccnc(N(C)C)c1. The van der Waals surface area contributed by atoms with Gasteiger partial charge in [-0.15, -0.1) is 11.3 Å². The van der Waals surface area contributed by atoms with Crippen LogP contribution >= 0.6 is 11.3 Å². The maximum Gasteiger partial charge on any atom is 0.317 e. The Morgan fingerprint density at radius 3 is 2.77 bits per heavy atom. The van der Waals surface area contributed by atoms with Gasteiger partial charge in [-0.05, 0) is 36.1 Å². The lowest BCUT2D eigenvalue weighted by atomic mass is 10.2. The Morgan fingerprint density at radius 2 is 2.14 bits per heavy atom. The van der Waals surface area contributed by atoms with E-state index in [4.69, 9.17) is 0 Å². The molecule has 5 nitrogen and oxygen atoms in total. The number of thiophene rings is 1. The van der Waals surface area contributed by atoms with Gasteiger partial charge in [0, 0.05) is 38.8 Å². The summed E-state index contributed by atoms with van der Waals surface area (Å²) in [5.41, 5.74) is 1.03. The highest BCUT2D eigenvalue weighted by Crippen LogP contribution is 2.23. The molecule has 2 heterocycles. The van der Waals surface area contributed by atoms with E-state index in [9.17, 15) is 4.79 Å².